The molecule has 0 radical (unpaired) electrons. The number of hydrogen-bond donors (Lipinski definition) is 1. The van der Waals surface area contributed by atoms with Gasteiger partial charge in [-0.2, -0.15) is 26.3 Å². The Labute approximate surface area is 327 Å². The van der Waals surface area contributed by atoms with E-state index in [9.17, 15) is 41.0 Å². The largest absolute Gasteiger partial charge is 0.502 e. The lowest BCUT2D eigenvalue weighted by molar-refractivity contribution is -0.143. The van der Waals surface area contributed by atoms with Crippen LogP contribution in [0.1, 0.15) is 46.6 Å². The molecule has 0 spiro atoms. The van der Waals surface area contributed by atoms with Crippen molar-refractivity contribution in [2.24, 2.45) is 23.7 Å². The smallest absolute Gasteiger partial charge is 0.416 e. The lowest BCUT2D eigenvalue weighted by atomic mass is 9.44. The van der Waals surface area contributed by atoms with Crippen LogP contribution < -0.4 is 14.4 Å². The number of alkyl halides is 6. The zero-order chi connectivity index (χ0) is 41.5. The quantitative estimate of drug-likeness (QED) is 0.118. The van der Waals surface area contributed by atoms with Crippen molar-refractivity contribution in [2.45, 2.75) is 36.5 Å². The first-order valence-corrected chi connectivity index (χ1v) is 18.3. The van der Waals surface area contributed by atoms with Crippen molar-refractivity contribution in [3.8, 4) is 17.2 Å². The fourth-order valence-corrected chi connectivity index (χ4v) is 9.65. The van der Waals surface area contributed by atoms with Gasteiger partial charge in [0.25, 0.3) is 0 Å². The summed E-state index contributed by atoms with van der Waals surface area (Å²) in [5.41, 5.74) is -4.14. The number of phenolic OH excluding ortho intramolecular Hbond substituents is 1. The summed E-state index contributed by atoms with van der Waals surface area (Å²) in [5, 5.41) is 11.0. The molecular formula is C44H33F6NO7. The van der Waals surface area contributed by atoms with Crippen LogP contribution in [0.2, 0.25) is 0 Å². The van der Waals surface area contributed by atoms with Crippen molar-refractivity contribution in [2.75, 3.05) is 19.1 Å². The molecule has 1 saturated carbocycles. The van der Waals surface area contributed by atoms with Gasteiger partial charge in [0.05, 0.1) is 48.3 Å². The third-order valence-electron chi connectivity index (χ3n) is 12.0. The first-order chi connectivity index (χ1) is 27.5. The van der Waals surface area contributed by atoms with Gasteiger partial charge in [0, 0.05) is 17.4 Å². The molecule has 1 aliphatic heterocycles. The monoisotopic (exact) mass is 801 g/mol. The Morgan fingerprint density at radius 2 is 1.31 bits per heavy atom. The third kappa shape index (κ3) is 5.82. The number of hydrogen-bond acceptors (Lipinski definition) is 7. The summed E-state index contributed by atoms with van der Waals surface area (Å²) in [6.45, 7) is 0. The molecule has 6 unspecified atom stereocenters. The highest BCUT2D eigenvalue weighted by atomic mass is 19.4. The summed E-state index contributed by atoms with van der Waals surface area (Å²) in [6, 6.07) is 20.7. The predicted octanol–water partition coefficient (Wildman–Crippen LogP) is 8.48. The zero-order valence-corrected chi connectivity index (χ0v) is 30.7. The highest BCUT2D eigenvalue weighted by Crippen LogP contribution is 2.64. The molecule has 0 aromatic heterocycles. The van der Waals surface area contributed by atoms with E-state index >= 15 is 9.59 Å². The molecule has 2 fully saturated rings. The number of amides is 2. The van der Waals surface area contributed by atoms with Gasteiger partial charge in [-0.3, -0.25) is 19.2 Å². The molecule has 14 heteroatoms. The number of methoxy groups -OCH3 is 2. The van der Waals surface area contributed by atoms with Crippen LogP contribution in [0.15, 0.2) is 109 Å². The van der Waals surface area contributed by atoms with Gasteiger partial charge in [0.2, 0.25) is 17.6 Å². The minimum Gasteiger partial charge on any atom is -0.502 e. The maximum atomic E-state index is 15.2. The minimum atomic E-state index is -5.25. The summed E-state index contributed by atoms with van der Waals surface area (Å²) in [5.74, 6) is -9.18. The minimum absolute atomic E-state index is 0.0380. The average Bonchev–Trinajstić information content (AvgIpc) is 3.47. The first-order valence-electron chi connectivity index (χ1n) is 18.3. The second-order valence-electron chi connectivity index (χ2n) is 14.8. The Bertz CT molecular complexity index is 2380. The molecule has 1 saturated heterocycles. The van der Waals surface area contributed by atoms with Gasteiger partial charge in [-0.05, 0) is 71.9 Å². The average molecular weight is 802 g/mol. The molecule has 3 aliphatic carbocycles. The van der Waals surface area contributed by atoms with Gasteiger partial charge in [0.15, 0.2) is 23.1 Å². The number of benzene rings is 4. The topological polar surface area (TPSA) is 110 Å². The predicted molar refractivity (Wildman–Crippen MR) is 197 cm³/mol. The normalized spacial score (nSPS) is 25.7. The molecule has 6 atom stereocenters. The van der Waals surface area contributed by atoms with Crippen LogP contribution in [0.3, 0.4) is 0 Å². The highest BCUT2D eigenvalue weighted by Gasteiger charge is 2.66. The molecule has 4 aliphatic rings. The van der Waals surface area contributed by atoms with Crippen LogP contribution >= 0.6 is 0 Å². The molecule has 2 amide bonds. The summed E-state index contributed by atoms with van der Waals surface area (Å²) in [6.07, 6.45) is -7.83. The van der Waals surface area contributed by atoms with E-state index in [2.05, 4.69) is 0 Å². The molecule has 8 rings (SSSR count). The number of Topliss-reactive ketones (excluding diaryl/α,β-unsaturated/α-hetero) is 1. The summed E-state index contributed by atoms with van der Waals surface area (Å²) in [7, 11) is 2.61. The molecule has 298 valence electrons. The number of fused-ring (bicyclic) bond motifs is 4. The SMILES string of the molecule is COc1cc(C2C3=CCC4C(=O)N(c5cc(C(F)(F)F)cc(C(F)(F)F)c5)C(=O)C4C3CC3C(=O)C(c4ccccc4)=CC(=O)C32c2ccccc2)cc(OC)c1O. The van der Waals surface area contributed by atoms with E-state index in [1.54, 1.807) is 66.7 Å². The number of anilines is 1. The van der Waals surface area contributed by atoms with Gasteiger partial charge >= 0.3 is 12.4 Å². The number of imide groups is 1. The van der Waals surface area contributed by atoms with Gasteiger partial charge in [0.1, 0.15) is 0 Å². The third-order valence-corrected chi connectivity index (χ3v) is 12.0. The van der Waals surface area contributed by atoms with Gasteiger partial charge in [-0.15, -0.1) is 0 Å². The van der Waals surface area contributed by atoms with Crippen molar-refractivity contribution in [3.63, 3.8) is 0 Å². The number of carbonyl (C=O) groups is 4. The fraction of sp³-hybridized carbons (Fsp3) is 0.273. The van der Waals surface area contributed by atoms with E-state index in [0.29, 0.717) is 39.3 Å². The molecular weight excluding hydrogens is 768 g/mol. The fourth-order valence-electron chi connectivity index (χ4n) is 9.65. The summed E-state index contributed by atoms with van der Waals surface area (Å²) < 4.78 is 94.8. The molecule has 58 heavy (non-hydrogen) atoms. The number of aromatic hydroxyl groups is 1. The van der Waals surface area contributed by atoms with Crippen LogP contribution in [-0.2, 0) is 36.9 Å². The number of allylic oxidation sites excluding steroid dienone is 4. The Morgan fingerprint density at radius 1 is 0.741 bits per heavy atom. The van der Waals surface area contributed by atoms with Crippen molar-refractivity contribution in [1.29, 1.82) is 0 Å². The number of ketones is 2. The molecule has 1 heterocycles. The molecule has 1 N–H and O–H groups in total. The Hall–Kier alpha value is -6.18. The van der Waals surface area contributed by atoms with Gasteiger partial charge in [-0.1, -0.05) is 72.3 Å². The second-order valence-corrected chi connectivity index (χ2v) is 14.8. The lowest BCUT2D eigenvalue weighted by Crippen LogP contribution is -2.58. The Balaban J connectivity index is 1.36. The van der Waals surface area contributed by atoms with Crippen LogP contribution in [0, 0.1) is 23.7 Å². The standard InChI is InChI=1S/C44H33F6NO7/c1-57-33-15-23(16-34(58-2)39(33)54)37-28-13-14-29-36(41(56)51(40(29)55)27-18-25(43(45,46)47)17-26(19-27)44(48,49)50)31(28)20-32-38(53)30(22-9-5-3-6-10-22)21-35(52)42(32,37)24-11-7-4-8-12-24/h3-13,15-19,21,29,31-32,36-37,54H,14,20H2,1-2H3. The van der Waals surface area contributed by atoms with Crippen LogP contribution in [-0.4, -0.2) is 42.7 Å². The van der Waals surface area contributed by atoms with E-state index in [4.69, 9.17) is 9.47 Å². The maximum absolute atomic E-state index is 15.2. The van der Waals surface area contributed by atoms with E-state index < -0.39 is 87.6 Å². The Morgan fingerprint density at radius 3 is 1.86 bits per heavy atom. The lowest BCUT2D eigenvalue weighted by Gasteiger charge is -2.55. The van der Waals surface area contributed by atoms with Crippen LogP contribution in [0.4, 0.5) is 32.0 Å². The van der Waals surface area contributed by atoms with Crippen molar-refractivity contribution < 1.29 is 60.1 Å². The zero-order valence-electron chi connectivity index (χ0n) is 30.7. The second kappa shape index (κ2) is 13.7. The number of carbonyl (C=O) groups excluding carboxylic acids is 4. The molecule has 4 aromatic rings. The van der Waals surface area contributed by atoms with Crippen molar-refractivity contribution in [3.05, 3.63) is 137 Å². The number of rotatable bonds is 6. The van der Waals surface area contributed by atoms with E-state index in [1.807, 2.05) is 0 Å². The van der Waals surface area contributed by atoms with E-state index in [1.165, 1.54) is 32.4 Å². The number of halogens is 6. The molecule has 4 aromatic carbocycles. The van der Waals surface area contributed by atoms with Gasteiger partial charge in [-0.25, -0.2) is 4.90 Å². The Kier molecular flexibility index (Phi) is 9.16. The highest BCUT2D eigenvalue weighted by molar-refractivity contribution is 6.32. The van der Waals surface area contributed by atoms with Gasteiger partial charge < -0.3 is 14.6 Å². The number of nitrogens with zero attached hydrogens (tertiary/aromatic N) is 1. The summed E-state index contributed by atoms with van der Waals surface area (Å²) in [4.78, 5) is 59.5. The van der Waals surface area contributed by atoms with Crippen molar-refractivity contribution >= 4 is 34.6 Å². The molecule has 0 bridgehead atoms. The van der Waals surface area contributed by atoms with Crippen LogP contribution in [0.25, 0.3) is 5.57 Å². The van der Waals surface area contributed by atoms with Crippen LogP contribution in [0.5, 0.6) is 17.2 Å². The maximum Gasteiger partial charge on any atom is 0.416 e. The molecule has 8 nitrogen and oxygen atoms in total. The number of phenols is 1. The van der Waals surface area contributed by atoms with E-state index in [-0.39, 0.29) is 41.7 Å². The van der Waals surface area contributed by atoms with E-state index in [0.717, 1.165) is 0 Å². The first kappa shape index (κ1) is 38.7. The summed E-state index contributed by atoms with van der Waals surface area (Å²) >= 11 is 0. The van der Waals surface area contributed by atoms with Crippen molar-refractivity contribution in [1.82, 2.24) is 0 Å². The number of ether oxygens (including phenoxy) is 2.